The first-order valence-electron chi connectivity index (χ1n) is 6.66. The highest BCUT2D eigenvalue weighted by Gasteiger charge is 2.36. The SMILES string of the molecule is CC1(n2c(CCCl)nc3ccc(C#N)cc32)CCC1. The average Bonchev–Trinajstić information content (AvgIpc) is 2.73. The molecule has 3 rings (SSSR count). The summed E-state index contributed by atoms with van der Waals surface area (Å²) in [6.45, 7) is 2.27. The van der Waals surface area contributed by atoms with Gasteiger partial charge in [-0.1, -0.05) is 0 Å². The van der Waals surface area contributed by atoms with Gasteiger partial charge in [-0.05, 0) is 44.4 Å². The molecule has 0 unspecified atom stereocenters. The Kier molecular flexibility index (Phi) is 2.99. The molecular weight excluding hydrogens is 258 g/mol. The summed E-state index contributed by atoms with van der Waals surface area (Å²) in [6, 6.07) is 7.92. The van der Waals surface area contributed by atoms with Gasteiger partial charge in [0.2, 0.25) is 0 Å². The van der Waals surface area contributed by atoms with E-state index in [9.17, 15) is 0 Å². The number of imidazole rings is 1. The van der Waals surface area contributed by atoms with Gasteiger partial charge in [-0.25, -0.2) is 4.98 Å². The minimum atomic E-state index is 0.143. The van der Waals surface area contributed by atoms with Crippen molar-refractivity contribution >= 4 is 22.6 Å². The number of alkyl halides is 1. The van der Waals surface area contributed by atoms with Crippen molar-refractivity contribution < 1.29 is 0 Å². The molecule has 1 heterocycles. The third-order valence-electron chi connectivity index (χ3n) is 4.14. The molecule has 4 heteroatoms. The topological polar surface area (TPSA) is 41.6 Å². The highest BCUT2D eigenvalue weighted by molar-refractivity contribution is 6.17. The van der Waals surface area contributed by atoms with Crippen molar-refractivity contribution in [1.29, 1.82) is 5.26 Å². The van der Waals surface area contributed by atoms with Crippen LogP contribution >= 0.6 is 11.6 Å². The number of halogens is 1. The lowest BCUT2D eigenvalue weighted by atomic mass is 9.78. The zero-order valence-electron chi connectivity index (χ0n) is 11.0. The first kappa shape index (κ1) is 12.5. The van der Waals surface area contributed by atoms with Crippen LogP contribution in [0.1, 0.15) is 37.6 Å². The van der Waals surface area contributed by atoms with Gasteiger partial charge >= 0.3 is 0 Å². The van der Waals surface area contributed by atoms with Crippen LogP contribution < -0.4 is 0 Å². The summed E-state index contributed by atoms with van der Waals surface area (Å²) in [6.07, 6.45) is 4.37. The number of nitrogens with zero attached hydrogens (tertiary/aromatic N) is 3. The lowest BCUT2D eigenvalue weighted by Crippen LogP contribution is -2.38. The van der Waals surface area contributed by atoms with Crippen LogP contribution in [0.15, 0.2) is 18.2 Å². The fourth-order valence-electron chi connectivity index (χ4n) is 2.96. The second kappa shape index (κ2) is 4.54. The van der Waals surface area contributed by atoms with Crippen LogP contribution in [0.5, 0.6) is 0 Å². The lowest BCUT2D eigenvalue weighted by molar-refractivity contribution is 0.170. The Bertz CT molecular complexity index is 662. The molecule has 1 aliphatic rings. The predicted molar refractivity (Wildman–Crippen MR) is 76.4 cm³/mol. The molecule has 0 saturated heterocycles. The zero-order valence-corrected chi connectivity index (χ0v) is 11.7. The summed E-state index contributed by atoms with van der Waals surface area (Å²) in [5.41, 5.74) is 2.87. The molecule has 19 heavy (non-hydrogen) atoms. The van der Waals surface area contributed by atoms with Gasteiger partial charge in [0, 0.05) is 17.8 Å². The van der Waals surface area contributed by atoms with Gasteiger partial charge in [-0.2, -0.15) is 5.26 Å². The predicted octanol–water partition coefficient (Wildman–Crippen LogP) is 3.59. The van der Waals surface area contributed by atoms with E-state index in [1.165, 1.54) is 19.3 Å². The molecule has 3 nitrogen and oxygen atoms in total. The smallest absolute Gasteiger partial charge is 0.111 e. The molecule has 0 radical (unpaired) electrons. The minimum Gasteiger partial charge on any atom is -0.322 e. The molecule has 1 saturated carbocycles. The molecule has 98 valence electrons. The van der Waals surface area contributed by atoms with Crippen LogP contribution in [-0.4, -0.2) is 15.4 Å². The highest BCUT2D eigenvalue weighted by atomic mass is 35.5. The summed E-state index contributed by atoms with van der Waals surface area (Å²) in [7, 11) is 0. The summed E-state index contributed by atoms with van der Waals surface area (Å²) >= 11 is 5.90. The van der Waals surface area contributed by atoms with E-state index in [-0.39, 0.29) is 5.54 Å². The monoisotopic (exact) mass is 273 g/mol. The number of rotatable bonds is 3. The number of nitriles is 1. The minimum absolute atomic E-state index is 0.143. The van der Waals surface area contributed by atoms with Gasteiger partial charge in [0.05, 0.1) is 22.7 Å². The van der Waals surface area contributed by atoms with E-state index in [0.29, 0.717) is 11.4 Å². The van der Waals surface area contributed by atoms with E-state index in [1.807, 2.05) is 18.2 Å². The molecular formula is C15H16ClN3. The second-order valence-corrected chi connectivity index (χ2v) is 5.85. The molecule has 0 amide bonds. The molecule has 2 aromatic rings. The Morgan fingerprint density at radius 1 is 1.47 bits per heavy atom. The van der Waals surface area contributed by atoms with Crippen LogP contribution in [0.3, 0.4) is 0 Å². The third-order valence-corrected chi connectivity index (χ3v) is 4.33. The van der Waals surface area contributed by atoms with Crippen molar-refractivity contribution in [1.82, 2.24) is 9.55 Å². The van der Waals surface area contributed by atoms with Gasteiger partial charge in [0.15, 0.2) is 0 Å². The number of fused-ring (bicyclic) bond motifs is 1. The molecule has 1 fully saturated rings. The van der Waals surface area contributed by atoms with Crippen LogP contribution in [0.25, 0.3) is 11.0 Å². The van der Waals surface area contributed by atoms with Crippen LogP contribution in [0.4, 0.5) is 0 Å². The van der Waals surface area contributed by atoms with Gasteiger partial charge in [0.1, 0.15) is 5.82 Å². The Hall–Kier alpha value is -1.53. The zero-order chi connectivity index (χ0) is 13.5. The molecule has 0 spiro atoms. The molecule has 1 aromatic heterocycles. The van der Waals surface area contributed by atoms with E-state index in [0.717, 1.165) is 23.3 Å². The summed E-state index contributed by atoms with van der Waals surface area (Å²) in [5.74, 6) is 1.62. The van der Waals surface area contributed by atoms with Gasteiger partial charge in [0.25, 0.3) is 0 Å². The van der Waals surface area contributed by atoms with Gasteiger partial charge in [-0.15, -0.1) is 11.6 Å². The van der Waals surface area contributed by atoms with Gasteiger partial charge < -0.3 is 4.57 Å². The van der Waals surface area contributed by atoms with E-state index in [2.05, 4.69) is 17.6 Å². The molecule has 0 bridgehead atoms. The van der Waals surface area contributed by atoms with E-state index in [1.54, 1.807) is 0 Å². The fourth-order valence-corrected chi connectivity index (χ4v) is 3.13. The largest absolute Gasteiger partial charge is 0.322 e. The summed E-state index contributed by atoms with van der Waals surface area (Å²) in [4.78, 5) is 4.70. The number of aryl methyl sites for hydroxylation is 1. The maximum absolute atomic E-state index is 9.07. The maximum atomic E-state index is 9.07. The number of aromatic nitrogens is 2. The second-order valence-electron chi connectivity index (χ2n) is 5.47. The summed E-state index contributed by atoms with van der Waals surface area (Å²) in [5, 5.41) is 9.07. The van der Waals surface area contributed by atoms with E-state index >= 15 is 0 Å². The van der Waals surface area contributed by atoms with Crippen LogP contribution in [0.2, 0.25) is 0 Å². The van der Waals surface area contributed by atoms with E-state index in [4.69, 9.17) is 21.8 Å². The number of hydrogen-bond donors (Lipinski definition) is 0. The first-order valence-corrected chi connectivity index (χ1v) is 7.19. The normalized spacial score (nSPS) is 17.1. The lowest BCUT2D eigenvalue weighted by Gasteiger charge is -2.41. The molecule has 0 N–H and O–H groups in total. The summed E-state index contributed by atoms with van der Waals surface area (Å²) < 4.78 is 2.31. The van der Waals surface area contributed by atoms with Crippen molar-refractivity contribution in [2.45, 2.75) is 38.1 Å². The molecule has 0 atom stereocenters. The first-order chi connectivity index (χ1) is 9.18. The Morgan fingerprint density at radius 3 is 2.84 bits per heavy atom. The Labute approximate surface area is 117 Å². The van der Waals surface area contributed by atoms with Crippen molar-refractivity contribution in [3.63, 3.8) is 0 Å². The maximum Gasteiger partial charge on any atom is 0.111 e. The quantitative estimate of drug-likeness (QED) is 0.802. The van der Waals surface area contributed by atoms with Crippen molar-refractivity contribution in [2.24, 2.45) is 0 Å². The van der Waals surface area contributed by atoms with Crippen molar-refractivity contribution in [3.8, 4) is 6.07 Å². The Morgan fingerprint density at radius 2 is 2.26 bits per heavy atom. The van der Waals surface area contributed by atoms with Gasteiger partial charge in [-0.3, -0.25) is 0 Å². The number of hydrogen-bond acceptors (Lipinski definition) is 2. The van der Waals surface area contributed by atoms with Crippen molar-refractivity contribution in [3.05, 3.63) is 29.6 Å². The molecule has 1 aliphatic carbocycles. The van der Waals surface area contributed by atoms with Crippen LogP contribution in [-0.2, 0) is 12.0 Å². The van der Waals surface area contributed by atoms with E-state index < -0.39 is 0 Å². The third kappa shape index (κ3) is 1.91. The van der Waals surface area contributed by atoms with Crippen LogP contribution in [0, 0.1) is 11.3 Å². The standard InChI is InChI=1S/C15H16ClN3/c1-15(6-2-7-15)19-13-9-11(10-17)3-4-12(13)18-14(19)5-8-16/h3-4,9H,2,5-8H2,1H3. The Balaban J connectivity index is 2.24. The van der Waals surface area contributed by atoms with Crippen molar-refractivity contribution in [2.75, 3.05) is 5.88 Å². The molecule has 0 aliphatic heterocycles. The molecule has 1 aromatic carbocycles. The fraction of sp³-hybridized carbons (Fsp3) is 0.467. The average molecular weight is 274 g/mol. The highest BCUT2D eigenvalue weighted by Crippen LogP contribution is 2.41. The number of benzene rings is 1.